The number of hydrogen-bond donors (Lipinski definition) is 1. The first-order valence-electron chi connectivity index (χ1n) is 10.5. The Labute approximate surface area is 188 Å². The Balaban J connectivity index is 1.55. The molecule has 0 spiro atoms. The molecule has 0 aliphatic heterocycles. The molecule has 2 aromatic carbocycles. The van der Waals surface area contributed by atoms with Gasteiger partial charge in [0.1, 0.15) is 0 Å². The minimum atomic E-state index is -0.122. The quantitative estimate of drug-likeness (QED) is 0.402. The normalized spacial score (nSPS) is 13.5. The number of pyridine rings is 2. The predicted octanol–water partition coefficient (Wildman–Crippen LogP) is 5.33. The third-order valence-corrected chi connectivity index (χ3v) is 6.70. The average molecular weight is 438 g/mol. The van der Waals surface area contributed by atoms with E-state index in [0.717, 1.165) is 51.4 Å². The molecule has 1 saturated carbocycles. The molecule has 6 rings (SSSR count). The smallest absolute Gasteiger partial charge is 0.263 e. The summed E-state index contributed by atoms with van der Waals surface area (Å²) >= 11 is 1.39. The van der Waals surface area contributed by atoms with Gasteiger partial charge < -0.3 is 4.98 Å². The minimum Gasteiger partial charge on any atom is -0.321 e. The van der Waals surface area contributed by atoms with Crippen LogP contribution in [0.25, 0.3) is 33.4 Å². The van der Waals surface area contributed by atoms with Gasteiger partial charge in [0.05, 0.1) is 4.90 Å². The van der Waals surface area contributed by atoms with Crippen LogP contribution >= 0.6 is 11.8 Å². The highest BCUT2D eigenvalue weighted by atomic mass is 32.2. The number of rotatable bonds is 5. The number of hydrogen-bond acceptors (Lipinski definition) is 5. The van der Waals surface area contributed by atoms with Crippen LogP contribution in [0.4, 0.5) is 0 Å². The van der Waals surface area contributed by atoms with E-state index in [1.165, 1.54) is 11.8 Å². The van der Waals surface area contributed by atoms with E-state index in [2.05, 4.69) is 24.7 Å². The Kier molecular flexibility index (Phi) is 4.61. The Morgan fingerprint density at radius 1 is 0.875 bits per heavy atom. The highest BCUT2D eigenvalue weighted by Gasteiger charge is 2.31. The topological polar surface area (TPSA) is 76.5 Å². The summed E-state index contributed by atoms with van der Waals surface area (Å²) in [6.07, 6.45) is 5.69. The Bertz CT molecular complexity index is 1470. The zero-order chi connectivity index (χ0) is 21.5. The second-order valence-electron chi connectivity index (χ2n) is 7.82. The largest absolute Gasteiger partial charge is 0.321 e. The second kappa shape index (κ2) is 7.76. The molecular formula is C25H19N5OS. The van der Waals surface area contributed by atoms with Gasteiger partial charge >= 0.3 is 0 Å². The molecule has 32 heavy (non-hydrogen) atoms. The highest BCUT2D eigenvalue weighted by molar-refractivity contribution is 7.99. The highest BCUT2D eigenvalue weighted by Crippen LogP contribution is 2.44. The first-order chi connectivity index (χ1) is 15.8. The molecular weight excluding hydrogens is 418 g/mol. The molecule has 7 heteroatoms. The van der Waals surface area contributed by atoms with Crippen LogP contribution < -0.4 is 5.56 Å². The molecule has 0 amide bonds. The summed E-state index contributed by atoms with van der Waals surface area (Å²) in [5.74, 6) is 0.816. The maximum absolute atomic E-state index is 13.3. The van der Waals surface area contributed by atoms with E-state index in [9.17, 15) is 4.79 Å². The van der Waals surface area contributed by atoms with Crippen molar-refractivity contribution < 1.29 is 0 Å². The molecule has 0 bridgehead atoms. The molecule has 1 aliphatic rings. The number of nitrogens with zero attached hydrogens (tertiary/aromatic N) is 4. The van der Waals surface area contributed by atoms with Gasteiger partial charge in [-0.3, -0.25) is 14.3 Å². The van der Waals surface area contributed by atoms with Gasteiger partial charge in [-0.1, -0.05) is 48.5 Å². The van der Waals surface area contributed by atoms with Crippen molar-refractivity contribution in [3.63, 3.8) is 0 Å². The van der Waals surface area contributed by atoms with Crippen molar-refractivity contribution in [2.75, 3.05) is 0 Å². The van der Waals surface area contributed by atoms with Gasteiger partial charge in [-0.25, -0.2) is 0 Å². The minimum absolute atomic E-state index is 0.122. The standard InChI is InChI=1S/C25H19N5OS/c31-24-22(21(16-6-2-1-3-7-16)19-8-4-5-9-20(19)27-24)32-25-29-28-23(30(25)18-10-11-18)17-12-14-26-15-13-17/h1-9,12-15,18H,10-11H2,(H,27,31). The second-order valence-corrected chi connectivity index (χ2v) is 8.79. The van der Waals surface area contributed by atoms with Gasteiger partial charge in [0.2, 0.25) is 0 Å². The van der Waals surface area contributed by atoms with Crippen molar-refractivity contribution in [3.8, 4) is 22.5 Å². The molecule has 3 heterocycles. The number of nitrogens with one attached hydrogen (secondary N) is 1. The summed E-state index contributed by atoms with van der Waals surface area (Å²) in [6.45, 7) is 0. The molecule has 1 fully saturated rings. The zero-order valence-electron chi connectivity index (χ0n) is 17.1. The maximum Gasteiger partial charge on any atom is 0.263 e. The van der Waals surface area contributed by atoms with Crippen molar-refractivity contribution in [1.82, 2.24) is 24.7 Å². The molecule has 3 aromatic heterocycles. The molecule has 0 saturated heterocycles. The first kappa shape index (κ1) is 19.0. The van der Waals surface area contributed by atoms with Crippen LogP contribution in [0.3, 0.4) is 0 Å². The number of fused-ring (bicyclic) bond motifs is 1. The van der Waals surface area contributed by atoms with E-state index in [1.807, 2.05) is 66.7 Å². The van der Waals surface area contributed by atoms with E-state index in [0.29, 0.717) is 10.9 Å². The molecule has 0 radical (unpaired) electrons. The lowest BCUT2D eigenvalue weighted by Crippen LogP contribution is -2.11. The van der Waals surface area contributed by atoms with E-state index >= 15 is 0 Å². The Hall–Kier alpha value is -3.71. The lowest BCUT2D eigenvalue weighted by molar-refractivity contribution is 0.669. The van der Waals surface area contributed by atoms with Gasteiger partial charge in [0.15, 0.2) is 11.0 Å². The Morgan fingerprint density at radius 2 is 1.62 bits per heavy atom. The van der Waals surface area contributed by atoms with Crippen molar-refractivity contribution in [2.45, 2.75) is 28.9 Å². The number of benzene rings is 2. The van der Waals surface area contributed by atoms with Crippen LogP contribution in [0.1, 0.15) is 18.9 Å². The fourth-order valence-corrected chi connectivity index (χ4v) is 5.08. The van der Waals surface area contributed by atoms with Crippen LogP contribution in [0.5, 0.6) is 0 Å². The number of aromatic nitrogens is 5. The van der Waals surface area contributed by atoms with Crippen LogP contribution in [-0.2, 0) is 0 Å². The van der Waals surface area contributed by atoms with Crippen LogP contribution in [0, 0.1) is 0 Å². The fourth-order valence-electron chi connectivity index (χ4n) is 4.01. The lowest BCUT2D eigenvalue weighted by atomic mass is 10.0. The van der Waals surface area contributed by atoms with Gasteiger partial charge in [0, 0.05) is 40.5 Å². The predicted molar refractivity (Wildman–Crippen MR) is 126 cm³/mol. The molecule has 1 aliphatic carbocycles. The molecule has 0 atom stereocenters. The Morgan fingerprint density at radius 3 is 2.41 bits per heavy atom. The first-order valence-corrected chi connectivity index (χ1v) is 11.3. The average Bonchev–Trinajstić information content (AvgIpc) is 3.60. The van der Waals surface area contributed by atoms with Crippen molar-refractivity contribution in [3.05, 3.63) is 89.5 Å². The van der Waals surface area contributed by atoms with Gasteiger partial charge in [-0.15, -0.1) is 10.2 Å². The van der Waals surface area contributed by atoms with E-state index in [-0.39, 0.29) is 5.56 Å². The molecule has 0 unspecified atom stereocenters. The summed E-state index contributed by atoms with van der Waals surface area (Å²) < 4.78 is 2.17. The summed E-state index contributed by atoms with van der Waals surface area (Å²) in [4.78, 5) is 21.1. The monoisotopic (exact) mass is 437 g/mol. The van der Waals surface area contributed by atoms with Crippen molar-refractivity contribution in [2.24, 2.45) is 0 Å². The lowest BCUT2D eigenvalue weighted by Gasteiger charge is -2.13. The van der Waals surface area contributed by atoms with E-state index in [4.69, 9.17) is 0 Å². The zero-order valence-corrected chi connectivity index (χ0v) is 17.9. The number of aromatic amines is 1. The number of H-pyrrole nitrogens is 1. The number of para-hydroxylation sites is 1. The van der Waals surface area contributed by atoms with E-state index < -0.39 is 0 Å². The van der Waals surface area contributed by atoms with Crippen LogP contribution in [0.2, 0.25) is 0 Å². The third kappa shape index (κ3) is 3.31. The summed E-state index contributed by atoms with van der Waals surface area (Å²) in [5.41, 5.74) is 3.60. The van der Waals surface area contributed by atoms with Gasteiger partial charge in [-0.2, -0.15) is 0 Å². The maximum atomic E-state index is 13.3. The van der Waals surface area contributed by atoms with Crippen molar-refractivity contribution >= 4 is 22.7 Å². The van der Waals surface area contributed by atoms with Crippen LogP contribution in [0.15, 0.2) is 94.0 Å². The summed E-state index contributed by atoms with van der Waals surface area (Å²) in [6, 6.07) is 22.2. The molecule has 1 N–H and O–H groups in total. The van der Waals surface area contributed by atoms with Gasteiger partial charge in [0.25, 0.3) is 5.56 Å². The summed E-state index contributed by atoms with van der Waals surface area (Å²) in [7, 11) is 0. The third-order valence-electron chi connectivity index (χ3n) is 5.65. The van der Waals surface area contributed by atoms with Crippen molar-refractivity contribution in [1.29, 1.82) is 0 Å². The SMILES string of the molecule is O=c1[nH]c2ccccc2c(-c2ccccc2)c1Sc1nnc(-c2ccncc2)n1C1CC1. The van der Waals surface area contributed by atoms with Crippen LogP contribution in [-0.4, -0.2) is 24.7 Å². The molecule has 6 nitrogen and oxygen atoms in total. The molecule has 156 valence electrons. The van der Waals surface area contributed by atoms with Gasteiger partial charge in [-0.05, 0) is 48.4 Å². The summed E-state index contributed by atoms with van der Waals surface area (Å²) in [5, 5.41) is 10.7. The van der Waals surface area contributed by atoms with E-state index in [1.54, 1.807) is 12.4 Å². The molecule has 5 aromatic rings. The fraction of sp³-hybridized carbons (Fsp3) is 0.120.